The van der Waals surface area contributed by atoms with Crippen LogP contribution in [0.5, 0.6) is 0 Å². The number of carbonyl (C=O) groups excluding carboxylic acids is 1. The number of alkyl halides is 3. The third-order valence-corrected chi connectivity index (χ3v) is 5.04. The molecule has 1 N–H and O–H groups in total. The van der Waals surface area contributed by atoms with Crippen molar-refractivity contribution in [1.82, 2.24) is 9.62 Å². The lowest BCUT2D eigenvalue weighted by molar-refractivity contribution is -0.150. The van der Waals surface area contributed by atoms with E-state index in [1.54, 1.807) is 0 Å². The van der Waals surface area contributed by atoms with Crippen LogP contribution in [0.25, 0.3) is 0 Å². The molecule has 0 radical (unpaired) electrons. The van der Waals surface area contributed by atoms with Crippen LogP contribution < -0.4 is 4.72 Å². The second-order valence-electron chi connectivity index (χ2n) is 4.77. The Hall–Kier alpha value is -0.830. The summed E-state index contributed by atoms with van der Waals surface area (Å²) in [6.45, 7) is -0.0393. The highest BCUT2D eigenvalue weighted by molar-refractivity contribution is 7.90. The fourth-order valence-electron chi connectivity index (χ4n) is 1.61. The predicted octanol–water partition coefficient (Wildman–Crippen LogP) is 0.868. The van der Waals surface area contributed by atoms with E-state index in [-0.39, 0.29) is 0 Å². The lowest BCUT2D eigenvalue weighted by Gasteiger charge is -2.28. The molecule has 112 valence electrons. The topological polar surface area (TPSA) is 66.5 Å². The molecule has 9 heteroatoms. The lowest BCUT2D eigenvalue weighted by Crippen LogP contribution is -2.50. The van der Waals surface area contributed by atoms with E-state index in [9.17, 15) is 26.4 Å². The molecule has 0 aromatic heterocycles. The highest BCUT2D eigenvalue weighted by atomic mass is 32.2. The van der Waals surface area contributed by atoms with Gasteiger partial charge in [0.2, 0.25) is 15.9 Å². The van der Waals surface area contributed by atoms with Gasteiger partial charge in [-0.05, 0) is 26.8 Å². The molecule has 1 atom stereocenters. The van der Waals surface area contributed by atoms with Crippen LogP contribution in [-0.2, 0) is 14.8 Å². The monoisotopic (exact) mass is 302 g/mol. The van der Waals surface area contributed by atoms with Crippen molar-refractivity contribution in [3.63, 3.8) is 0 Å². The van der Waals surface area contributed by atoms with E-state index in [1.807, 2.05) is 4.72 Å². The fraction of sp³-hybridized carbons (Fsp3) is 0.900. The second-order valence-corrected chi connectivity index (χ2v) is 6.73. The Bertz CT molecular complexity index is 432. The smallest absolute Gasteiger partial charge is 0.287 e. The van der Waals surface area contributed by atoms with Crippen molar-refractivity contribution in [3.05, 3.63) is 0 Å². The van der Waals surface area contributed by atoms with Gasteiger partial charge in [0.25, 0.3) is 0 Å². The van der Waals surface area contributed by atoms with Gasteiger partial charge in [0, 0.05) is 0 Å². The average Bonchev–Trinajstić information content (AvgIpc) is 2.08. The molecule has 1 amide bonds. The van der Waals surface area contributed by atoms with Gasteiger partial charge >= 0.3 is 6.18 Å². The fourth-order valence-corrected chi connectivity index (χ4v) is 3.18. The number of sulfonamides is 1. The summed E-state index contributed by atoms with van der Waals surface area (Å²) in [6, 6.07) is -1.17. The van der Waals surface area contributed by atoms with Gasteiger partial charge < -0.3 is 0 Å². The van der Waals surface area contributed by atoms with E-state index in [0.717, 1.165) is 18.4 Å². The molecule has 0 saturated heterocycles. The van der Waals surface area contributed by atoms with Crippen LogP contribution in [0, 0.1) is 0 Å². The summed E-state index contributed by atoms with van der Waals surface area (Å²) in [5.74, 6) is -0.932. The molecular formula is C10H17F3N2O3S. The second kappa shape index (κ2) is 5.66. The minimum atomic E-state index is -4.43. The van der Waals surface area contributed by atoms with Crippen molar-refractivity contribution < 1.29 is 26.4 Å². The number of amides is 1. The average molecular weight is 302 g/mol. The van der Waals surface area contributed by atoms with Gasteiger partial charge in [-0.3, -0.25) is 14.4 Å². The zero-order valence-electron chi connectivity index (χ0n) is 10.7. The van der Waals surface area contributed by atoms with Gasteiger partial charge in [0.15, 0.2) is 0 Å². The summed E-state index contributed by atoms with van der Waals surface area (Å²) in [6.07, 6.45) is -2.69. The number of hydrogen-bond donors (Lipinski definition) is 1. The van der Waals surface area contributed by atoms with Gasteiger partial charge in [-0.1, -0.05) is 6.42 Å². The minimum absolute atomic E-state index is 0.482. The summed E-state index contributed by atoms with van der Waals surface area (Å²) < 4.78 is 61.7. The molecule has 1 aliphatic rings. The van der Waals surface area contributed by atoms with Gasteiger partial charge in [-0.2, -0.15) is 13.2 Å². The highest BCUT2D eigenvalue weighted by Crippen LogP contribution is 2.25. The molecule has 0 heterocycles. The first-order valence-electron chi connectivity index (χ1n) is 5.85. The Morgan fingerprint density at radius 2 is 1.95 bits per heavy atom. The molecule has 1 saturated carbocycles. The quantitative estimate of drug-likeness (QED) is 0.818. The largest absolute Gasteiger partial charge is 0.401 e. The molecule has 1 fully saturated rings. The standard InChI is InChI=1S/C10H17F3N2O3S/c1-7(15(2)6-10(11,12)13)9(16)14-19(17,18)8-4-3-5-8/h7-8H,3-6H2,1-2H3,(H,14,16)/t7-/m0/s1. The summed E-state index contributed by atoms with van der Waals surface area (Å²) in [4.78, 5) is 12.4. The zero-order chi connectivity index (χ0) is 14.8. The third kappa shape index (κ3) is 4.64. The van der Waals surface area contributed by atoms with Crippen LogP contribution in [0.15, 0.2) is 0 Å². The molecule has 0 bridgehead atoms. The number of halogens is 3. The van der Waals surface area contributed by atoms with Crippen molar-refractivity contribution in [2.24, 2.45) is 0 Å². The van der Waals surface area contributed by atoms with Gasteiger partial charge in [-0.25, -0.2) is 8.42 Å². The normalized spacial score (nSPS) is 19.1. The highest BCUT2D eigenvalue weighted by Gasteiger charge is 2.36. The first kappa shape index (κ1) is 16.2. The van der Waals surface area contributed by atoms with Gasteiger partial charge in [0.1, 0.15) is 0 Å². The van der Waals surface area contributed by atoms with Crippen molar-refractivity contribution in [2.75, 3.05) is 13.6 Å². The molecule has 0 aliphatic heterocycles. The molecule has 0 aromatic carbocycles. The van der Waals surface area contributed by atoms with E-state index in [4.69, 9.17) is 0 Å². The molecule has 19 heavy (non-hydrogen) atoms. The predicted molar refractivity (Wildman–Crippen MR) is 62.8 cm³/mol. The van der Waals surface area contributed by atoms with Crippen LogP contribution >= 0.6 is 0 Å². The van der Waals surface area contributed by atoms with Crippen LogP contribution in [0.3, 0.4) is 0 Å². The van der Waals surface area contributed by atoms with Crippen molar-refractivity contribution >= 4 is 15.9 Å². The Balaban J connectivity index is 2.57. The number of nitrogens with zero attached hydrogens (tertiary/aromatic N) is 1. The van der Waals surface area contributed by atoms with E-state index in [2.05, 4.69) is 0 Å². The Morgan fingerprint density at radius 3 is 2.32 bits per heavy atom. The Kier molecular flexibility index (Phi) is 4.83. The summed E-state index contributed by atoms with van der Waals surface area (Å²) in [5, 5.41) is -0.600. The van der Waals surface area contributed by atoms with Crippen molar-refractivity contribution in [2.45, 2.75) is 43.7 Å². The molecule has 0 unspecified atom stereocenters. The van der Waals surface area contributed by atoms with Crippen molar-refractivity contribution in [1.29, 1.82) is 0 Å². The lowest BCUT2D eigenvalue weighted by atomic mass is 10.0. The Morgan fingerprint density at radius 1 is 1.42 bits per heavy atom. The molecular weight excluding hydrogens is 285 g/mol. The van der Waals surface area contributed by atoms with Gasteiger partial charge in [0.05, 0.1) is 17.8 Å². The van der Waals surface area contributed by atoms with E-state index in [0.29, 0.717) is 12.8 Å². The number of rotatable bonds is 5. The van der Waals surface area contributed by atoms with Crippen LogP contribution in [0.2, 0.25) is 0 Å². The number of likely N-dealkylation sites (N-methyl/N-ethyl adjacent to an activating group) is 1. The van der Waals surface area contributed by atoms with E-state index < -0.39 is 39.9 Å². The number of hydrogen-bond acceptors (Lipinski definition) is 4. The number of carbonyl (C=O) groups is 1. The van der Waals surface area contributed by atoms with Crippen LogP contribution in [-0.4, -0.2) is 50.3 Å². The molecule has 1 rings (SSSR count). The number of nitrogens with one attached hydrogen (secondary N) is 1. The maximum Gasteiger partial charge on any atom is 0.401 e. The van der Waals surface area contributed by atoms with Crippen molar-refractivity contribution in [3.8, 4) is 0 Å². The maximum atomic E-state index is 12.2. The van der Waals surface area contributed by atoms with Gasteiger partial charge in [-0.15, -0.1) is 0 Å². The first-order valence-corrected chi connectivity index (χ1v) is 7.40. The zero-order valence-corrected chi connectivity index (χ0v) is 11.5. The van der Waals surface area contributed by atoms with E-state index in [1.165, 1.54) is 6.92 Å². The molecule has 0 aromatic rings. The maximum absolute atomic E-state index is 12.2. The first-order chi connectivity index (χ1) is 8.53. The summed E-state index contributed by atoms with van der Waals surface area (Å²) in [5.41, 5.74) is 0. The molecule has 1 aliphatic carbocycles. The summed E-state index contributed by atoms with van der Waals surface area (Å²) >= 11 is 0. The SMILES string of the molecule is C[C@@H](C(=O)NS(=O)(=O)C1CCC1)N(C)CC(F)(F)F. The van der Waals surface area contributed by atoms with Crippen LogP contribution in [0.4, 0.5) is 13.2 Å². The van der Waals surface area contributed by atoms with Crippen LogP contribution in [0.1, 0.15) is 26.2 Å². The minimum Gasteiger partial charge on any atom is -0.287 e. The third-order valence-electron chi connectivity index (χ3n) is 3.20. The summed E-state index contributed by atoms with van der Waals surface area (Å²) in [7, 11) is -2.63. The Labute approximate surface area is 110 Å². The molecule has 0 spiro atoms. The van der Waals surface area contributed by atoms with E-state index >= 15 is 0 Å². The molecule has 5 nitrogen and oxygen atoms in total.